The monoisotopic (exact) mass is 812 g/mol. The van der Waals surface area contributed by atoms with E-state index < -0.39 is 88.1 Å². The predicted molar refractivity (Wildman–Crippen MR) is 185 cm³/mol. The Labute approximate surface area is 302 Å². The minimum atomic E-state index is -1.68. The van der Waals surface area contributed by atoms with E-state index in [9.17, 15) is 29.5 Å². The molecular formula is C34H56Br2NO11+. The number of hydrogen-bond acceptors (Lipinski definition) is 11. The summed E-state index contributed by atoms with van der Waals surface area (Å²) in [6, 6.07) is -0.652. The van der Waals surface area contributed by atoms with Gasteiger partial charge >= 0.3 is 11.9 Å². The van der Waals surface area contributed by atoms with E-state index in [1.54, 1.807) is 55.6 Å². The Morgan fingerprint density at radius 2 is 1.77 bits per heavy atom. The van der Waals surface area contributed by atoms with Gasteiger partial charge in [-0.3, -0.25) is 19.2 Å². The van der Waals surface area contributed by atoms with Gasteiger partial charge in [0.25, 0.3) is 0 Å². The molecule has 12 atom stereocenters. The van der Waals surface area contributed by atoms with E-state index in [1.165, 1.54) is 26.8 Å². The van der Waals surface area contributed by atoms with Crippen LogP contribution < -0.4 is 0 Å². The molecular weight excluding hydrogens is 758 g/mol. The van der Waals surface area contributed by atoms with Crippen LogP contribution in [-0.2, 0) is 42.9 Å². The maximum atomic E-state index is 14.2. The minimum Gasteiger partial charge on any atom is -0.458 e. The number of carbonyl (C=O) groups excluding carboxylic acids is 4. The first-order chi connectivity index (χ1) is 22.0. The number of rotatable bonds is 9. The molecule has 0 spiro atoms. The first-order valence-electron chi connectivity index (χ1n) is 16.6. The lowest BCUT2D eigenvalue weighted by Gasteiger charge is -2.48. The summed E-state index contributed by atoms with van der Waals surface area (Å²) in [6.07, 6.45) is -2.88. The summed E-state index contributed by atoms with van der Waals surface area (Å²) in [4.78, 5) is 53.7. The fourth-order valence-corrected chi connectivity index (χ4v) is 7.12. The van der Waals surface area contributed by atoms with Gasteiger partial charge in [-0.15, -0.1) is 0 Å². The fourth-order valence-electron chi connectivity index (χ4n) is 6.80. The molecule has 0 radical (unpaired) electrons. The lowest BCUT2D eigenvalue weighted by molar-refractivity contribution is -1.09. The van der Waals surface area contributed by atoms with Gasteiger partial charge in [0.15, 0.2) is 17.6 Å². The Bertz CT molecular complexity index is 1190. The number of ketones is 2. The largest absolute Gasteiger partial charge is 0.458 e. The number of esters is 2. The van der Waals surface area contributed by atoms with Gasteiger partial charge in [0, 0.05) is 35.3 Å². The number of ether oxygens (including phenoxy) is 5. The molecule has 2 unspecified atom stereocenters. The summed E-state index contributed by atoms with van der Waals surface area (Å²) in [5, 5.41) is 22.9. The number of hydrogen-bond donors (Lipinski definition) is 2. The number of likely N-dealkylation sites (N-methyl/N-ethyl adjacent to an activating group) is 1. The second kappa shape index (κ2) is 17.3. The van der Waals surface area contributed by atoms with Crippen LogP contribution in [-0.4, -0.2) is 117 Å². The lowest BCUT2D eigenvalue weighted by atomic mass is 9.76. The van der Waals surface area contributed by atoms with Crippen molar-refractivity contribution in [2.45, 2.75) is 134 Å². The van der Waals surface area contributed by atoms with Crippen molar-refractivity contribution in [3.63, 3.8) is 0 Å². The van der Waals surface area contributed by atoms with Crippen molar-refractivity contribution in [2.24, 2.45) is 17.8 Å². The molecule has 0 aliphatic carbocycles. The van der Waals surface area contributed by atoms with Crippen LogP contribution in [0, 0.1) is 17.8 Å². The number of quaternary nitrogens is 1. The van der Waals surface area contributed by atoms with E-state index in [0.29, 0.717) is 11.8 Å². The van der Waals surface area contributed by atoms with Crippen molar-refractivity contribution in [1.29, 1.82) is 0 Å². The molecule has 276 valence electrons. The zero-order valence-corrected chi connectivity index (χ0v) is 33.3. The average molecular weight is 815 g/mol. The molecule has 14 heteroatoms. The molecule has 2 heterocycles. The van der Waals surface area contributed by atoms with E-state index in [4.69, 9.17) is 23.7 Å². The molecule has 0 bridgehead atoms. The summed E-state index contributed by atoms with van der Waals surface area (Å²) < 4.78 is 30.4. The van der Waals surface area contributed by atoms with E-state index in [2.05, 4.69) is 31.9 Å². The van der Waals surface area contributed by atoms with Gasteiger partial charge in [-0.25, -0.2) is 5.21 Å². The number of hydroxylamine groups is 3. The van der Waals surface area contributed by atoms with Crippen LogP contribution >= 0.6 is 31.9 Å². The minimum absolute atomic E-state index is 0.0744. The van der Waals surface area contributed by atoms with Crippen LogP contribution in [0.3, 0.4) is 0 Å². The molecule has 0 aromatic heterocycles. The zero-order chi connectivity index (χ0) is 36.9. The van der Waals surface area contributed by atoms with Crippen molar-refractivity contribution in [2.75, 3.05) is 26.0 Å². The van der Waals surface area contributed by atoms with Crippen LogP contribution in [0.2, 0.25) is 0 Å². The second-order valence-electron chi connectivity index (χ2n) is 14.4. The molecule has 0 saturated carbocycles. The molecule has 2 aliphatic heterocycles. The summed E-state index contributed by atoms with van der Waals surface area (Å²) >= 11 is 7.02. The average Bonchev–Trinajstić information content (AvgIpc) is 2.98. The summed E-state index contributed by atoms with van der Waals surface area (Å²) in [7, 11) is 3.12. The van der Waals surface area contributed by atoms with Crippen molar-refractivity contribution in [1.82, 2.24) is 0 Å². The van der Waals surface area contributed by atoms with Crippen molar-refractivity contribution < 1.29 is 57.8 Å². The normalized spacial score (nSPS) is 39.5. The number of Topliss-reactive ketones (excluding diaryl/α,β-unsaturated/α-hetero) is 2. The van der Waals surface area contributed by atoms with Gasteiger partial charge in [0.2, 0.25) is 12.4 Å². The third-order valence-electron chi connectivity index (χ3n) is 9.37. The van der Waals surface area contributed by atoms with Gasteiger partial charge in [0.1, 0.15) is 17.6 Å². The highest BCUT2D eigenvalue weighted by atomic mass is 79.9. The number of aliphatic hydroxyl groups is 1. The Balaban J connectivity index is 2.81. The Kier molecular flexibility index (Phi) is 15.5. The highest BCUT2D eigenvalue weighted by Gasteiger charge is 2.54. The number of halogens is 2. The first kappa shape index (κ1) is 42.9. The molecule has 1 fully saturated rings. The molecule has 48 heavy (non-hydrogen) atoms. The SMILES string of the molecule is CC[C@H]1OC(=O)[C@H](C)C(=O)[C@H](C)[C@@H](OC2O[C@H](C)C[C@H]([N+](C)(C)O)[C@H]2OC(C)=O)[C@@](C)(OCC(Br)CBr)C[C@@H](C)C(=O)/C(C)=C/[C@]1(C)O. The van der Waals surface area contributed by atoms with Crippen LogP contribution in [0.1, 0.15) is 81.6 Å². The van der Waals surface area contributed by atoms with E-state index >= 15 is 0 Å². The predicted octanol–water partition coefficient (Wildman–Crippen LogP) is 4.68. The Morgan fingerprint density at radius 1 is 1.17 bits per heavy atom. The number of nitrogens with zero attached hydrogens (tertiary/aromatic N) is 1. The zero-order valence-electron chi connectivity index (χ0n) is 30.2. The molecule has 1 saturated heterocycles. The van der Waals surface area contributed by atoms with Crippen LogP contribution in [0.5, 0.6) is 0 Å². The molecule has 2 rings (SSSR count). The number of allylic oxidation sites excluding steroid dienone is 1. The van der Waals surface area contributed by atoms with Gasteiger partial charge in [-0.2, -0.15) is 4.65 Å². The maximum Gasteiger partial charge on any atom is 0.316 e. The molecule has 2 aliphatic rings. The second-order valence-corrected chi connectivity index (χ2v) is 16.3. The van der Waals surface area contributed by atoms with Crippen LogP contribution in [0.15, 0.2) is 11.6 Å². The van der Waals surface area contributed by atoms with E-state index in [0.717, 1.165) is 0 Å². The highest BCUT2D eigenvalue weighted by molar-refractivity contribution is 9.12. The third-order valence-corrected chi connectivity index (χ3v) is 11.6. The summed E-state index contributed by atoms with van der Waals surface area (Å²) in [6.45, 7) is 14.6. The number of cyclic esters (lactones) is 1. The summed E-state index contributed by atoms with van der Waals surface area (Å²) in [5.74, 6) is -5.20. The van der Waals surface area contributed by atoms with Crippen molar-refractivity contribution in [3.05, 3.63) is 11.6 Å². The molecule has 0 amide bonds. The van der Waals surface area contributed by atoms with Crippen molar-refractivity contribution in [3.8, 4) is 0 Å². The van der Waals surface area contributed by atoms with Gasteiger partial charge in [-0.1, -0.05) is 52.6 Å². The fraction of sp³-hybridized carbons (Fsp3) is 0.824. The first-order valence-corrected chi connectivity index (χ1v) is 18.6. The molecule has 2 N–H and O–H groups in total. The van der Waals surface area contributed by atoms with Crippen molar-refractivity contribution >= 4 is 55.4 Å². The van der Waals surface area contributed by atoms with Gasteiger partial charge in [-0.05, 0) is 59.1 Å². The van der Waals surface area contributed by atoms with Gasteiger partial charge in [0.05, 0.1) is 38.5 Å². The molecule has 0 aromatic rings. The van der Waals surface area contributed by atoms with E-state index in [-0.39, 0.29) is 35.6 Å². The summed E-state index contributed by atoms with van der Waals surface area (Å²) in [5.41, 5.74) is -2.76. The van der Waals surface area contributed by atoms with Crippen LogP contribution in [0.4, 0.5) is 0 Å². The third kappa shape index (κ3) is 10.9. The Morgan fingerprint density at radius 3 is 2.29 bits per heavy atom. The topological polar surface area (TPSA) is 155 Å². The lowest BCUT2D eigenvalue weighted by Crippen LogP contribution is -2.64. The quantitative estimate of drug-likeness (QED) is 0.110. The van der Waals surface area contributed by atoms with E-state index in [1.807, 2.05) is 0 Å². The molecule has 12 nitrogen and oxygen atoms in total. The standard InChI is InChI=1S/C34H56Br2NO11/c1-12-26-33(8,42)14-18(2)27(39)19(3)15-34(9,44-17-24(36)16-35)30(21(5)28(40)22(6)31(41)47-26)48-32-29(46-23(7)38)25(37(10,11)43)13-20(4)45-32/h14,19-22,24-26,29-30,32,42-43H,12-13,15-17H2,1-11H3/q+1/b18-14+/t19-,20-,21+,22-,24?,25+,26-,29-,30-,32?,33+,34+/m1/s1. The maximum absolute atomic E-state index is 14.2. The van der Waals surface area contributed by atoms with Gasteiger partial charge < -0.3 is 28.8 Å². The smallest absolute Gasteiger partial charge is 0.316 e. The molecule has 0 aromatic carbocycles. The number of carbonyl (C=O) groups is 4. The number of alkyl halides is 2. The van der Waals surface area contributed by atoms with Crippen LogP contribution in [0.25, 0.3) is 0 Å². The highest BCUT2D eigenvalue weighted by Crippen LogP contribution is 2.39. The Hall–Kier alpha value is -1.26.